The monoisotopic (exact) mass is 403 g/mol. The van der Waals surface area contributed by atoms with Crippen molar-refractivity contribution in [2.24, 2.45) is 5.16 Å². The van der Waals surface area contributed by atoms with Gasteiger partial charge in [-0.15, -0.1) is 0 Å². The molecule has 8 nitrogen and oxygen atoms in total. The number of esters is 2. The SMILES string of the molecule is COC(=O)CO/N=C1/C=CCC/C=C/CC(C)OC(=O)c2c(O)cc(O)cc2C1. The van der Waals surface area contributed by atoms with E-state index in [0.717, 1.165) is 18.9 Å². The molecule has 0 aromatic heterocycles. The zero-order valence-electron chi connectivity index (χ0n) is 16.5. The lowest BCUT2D eigenvalue weighted by Gasteiger charge is -2.15. The van der Waals surface area contributed by atoms with Gasteiger partial charge >= 0.3 is 11.9 Å². The Morgan fingerprint density at radius 3 is 2.76 bits per heavy atom. The molecule has 0 amide bonds. The van der Waals surface area contributed by atoms with Crippen LogP contribution >= 0.6 is 0 Å². The average Bonchev–Trinajstić information content (AvgIpc) is 2.65. The van der Waals surface area contributed by atoms with Gasteiger partial charge in [0.25, 0.3) is 0 Å². The summed E-state index contributed by atoms with van der Waals surface area (Å²) < 4.78 is 9.93. The largest absolute Gasteiger partial charge is 0.508 e. The van der Waals surface area contributed by atoms with E-state index in [1.807, 2.05) is 18.2 Å². The van der Waals surface area contributed by atoms with Gasteiger partial charge in [-0.3, -0.25) is 0 Å². The third kappa shape index (κ3) is 6.99. The molecule has 1 aliphatic heterocycles. The number of hydrogen-bond acceptors (Lipinski definition) is 8. The van der Waals surface area contributed by atoms with Crippen molar-refractivity contribution >= 4 is 17.7 Å². The number of carbonyl (C=O) groups excluding carboxylic acids is 2. The number of nitrogens with zero attached hydrogens (tertiary/aromatic N) is 1. The highest BCUT2D eigenvalue weighted by Gasteiger charge is 2.22. The number of methoxy groups -OCH3 is 1. The first-order valence-corrected chi connectivity index (χ1v) is 9.23. The fourth-order valence-electron chi connectivity index (χ4n) is 2.70. The molecule has 0 aliphatic carbocycles. The molecule has 0 spiro atoms. The molecule has 1 aromatic rings. The van der Waals surface area contributed by atoms with Crippen LogP contribution in [0, 0.1) is 0 Å². The Morgan fingerprint density at radius 2 is 2.00 bits per heavy atom. The van der Waals surface area contributed by atoms with Gasteiger partial charge in [-0.05, 0) is 37.5 Å². The van der Waals surface area contributed by atoms with Crippen LogP contribution in [0.2, 0.25) is 0 Å². The molecular weight excluding hydrogens is 378 g/mol. The fourth-order valence-corrected chi connectivity index (χ4v) is 2.70. The molecule has 1 atom stereocenters. The van der Waals surface area contributed by atoms with Crippen LogP contribution < -0.4 is 0 Å². The lowest BCUT2D eigenvalue weighted by atomic mass is 9.99. The van der Waals surface area contributed by atoms with Crippen molar-refractivity contribution in [3.63, 3.8) is 0 Å². The van der Waals surface area contributed by atoms with E-state index < -0.39 is 17.7 Å². The van der Waals surface area contributed by atoms with Crippen molar-refractivity contribution in [2.75, 3.05) is 13.7 Å². The number of cyclic esters (lactones) is 1. The van der Waals surface area contributed by atoms with Crippen LogP contribution in [0.15, 0.2) is 41.6 Å². The molecule has 0 bridgehead atoms. The minimum absolute atomic E-state index is 0.0512. The molecule has 156 valence electrons. The number of benzene rings is 1. The van der Waals surface area contributed by atoms with Crippen molar-refractivity contribution in [1.82, 2.24) is 0 Å². The summed E-state index contributed by atoms with van der Waals surface area (Å²) in [5.41, 5.74) is 0.657. The van der Waals surface area contributed by atoms with Crippen LogP contribution in [0.25, 0.3) is 0 Å². The smallest absolute Gasteiger partial charge is 0.346 e. The maximum atomic E-state index is 12.6. The maximum Gasteiger partial charge on any atom is 0.346 e. The Morgan fingerprint density at radius 1 is 1.24 bits per heavy atom. The molecule has 0 saturated heterocycles. The van der Waals surface area contributed by atoms with Crippen molar-refractivity contribution in [1.29, 1.82) is 0 Å². The highest BCUT2D eigenvalue weighted by Crippen LogP contribution is 2.29. The van der Waals surface area contributed by atoms with Gasteiger partial charge in [0.1, 0.15) is 23.2 Å². The van der Waals surface area contributed by atoms with Gasteiger partial charge < -0.3 is 24.5 Å². The zero-order chi connectivity index (χ0) is 21.2. The number of hydrogen-bond donors (Lipinski definition) is 2. The summed E-state index contributed by atoms with van der Waals surface area (Å²) in [7, 11) is 1.24. The first kappa shape index (κ1) is 22.0. The van der Waals surface area contributed by atoms with Crippen molar-refractivity contribution in [2.45, 2.75) is 38.7 Å². The first-order valence-electron chi connectivity index (χ1n) is 9.23. The third-order valence-corrected chi connectivity index (χ3v) is 4.10. The lowest BCUT2D eigenvalue weighted by Crippen LogP contribution is -2.17. The number of allylic oxidation sites excluding steroid dienone is 3. The van der Waals surface area contributed by atoms with Gasteiger partial charge in [0.05, 0.1) is 12.8 Å². The number of carbonyl (C=O) groups is 2. The van der Waals surface area contributed by atoms with E-state index in [2.05, 4.69) is 9.89 Å². The van der Waals surface area contributed by atoms with Crippen molar-refractivity contribution in [3.8, 4) is 11.5 Å². The van der Waals surface area contributed by atoms with Crippen LogP contribution in [0.4, 0.5) is 0 Å². The Labute approximate surface area is 169 Å². The van der Waals surface area contributed by atoms with Gasteiger partial charge in [-0.1, -0.05) is 23.4 Å². The van der Waals surface area contributed by atoms with Crippen LogP contribution in [-0.4, -0.2) is 47.7 Å². The number of ether oxygens (including phenoxy) is 2. The Balaban J connectivity index is 2.40. The van der Waals surface area contributed by atoms with E-state index in [0.29, 0.717) is 17.7 Å². The summed E-state index contributed by atoms with van der Waals surface area (Å²) in [4.78, 5) is 28.9. The predicted octanol–water partition coefficient (Wildman–Crippen LogP) is 3.03. The quantitative estimate of drug-likeness (QED) is 0.453. The molecule has 2 rings (SSSR count). The molecule has 0 saturated carbocycles. The Bertz CT molecular complexity index is 827. The molecular formula is C21H25NO7. The second kappa shape index (κ2) is 10.9. The molecule has 29 heavy (non-hydrogen) atoms. The van der Waals surface area contributed by atoms with Crippen LogP contribution in [-0.2, 0) is 25.5 Å². The molecule has 2 N–H and O–H groups in total. The summed E-state index contributed by atoms with van der Waals surface area (Å²) in [5.74, 6) is -1.88. The van der Waals surface area contributed by atoms with Gasteiger partial charge in [0.2, 0.25) is 6.61 Å². The zero-order valence-corrected chi connectivity index (χ0v) is 16.5. The first-order chi connectivity index (χ1) is 13.9. The molecule has 0 radical (unpaired) electrons. The highest BCUT2D eigenvalue weighted by molar-refractivity contribution is 6.00. The summed E-state index contributed by atoms with van der Waals surface area (Å²) in [6.45, 7) is 1.40. The van der Waals surface area contributed by atoms with Crippen molar-refractivity contribution < 1.29 is 34.1 Å². The molecule has 1 unspecified atom stereocenters. The number of oxime groups is 1. The Hall–Kier alpha value is -3.29. The second-order valence-electron chi connectivity index (χ2n) is 6.51. The van der Waals surface area contributed by atoms with E-state index in [1.165, 1.54) is 13.2 Å². The van der Waals surface area contributed by atoms with Gasteiger partial charge in [-0.2, -0.15) is 0 Å². The number of phenols is 2. The van der Waals surface area contributed by atoms with Crippen LogP contribution in [0.3, 0.4) is 0 Å². The third-order valence-electron chi connectivity index (χ3n) is 4.10. The number of phenolic OH excluding ortho intramolecular Hbond substituents is 2. The minimum Gasteiger partial charge on any atom is -0.508 e. The fraction of sp³-hybridized carbons (Fsp3) is 0.381. The predicted molar refractivity (Wildman–Crippen MR) is 106 cm³/mol. The standard InChI is InChI=1S/C21H25NO7/c1-14-8-6-4-3-5-7-9-16(22-28-13-19(25)27-2)10-15-11-17(23)12-18(24)20(15)21(26)29-14/h4,6-7,9,11-12,14,23-24H,3,5,8,10,13H2,1-2H3/b6-4+,9-7?,22-16-. The van der Waals surface area contributed by atoms with Crippen molar-refractivity contribution in [3.05, 3.63) is 47.6 Å². The minimum atomic E-state index is -0.700. The van der Waals surface area contributed by atoms with E-state index in [4.69, 9.17) is 9.57 Å². The molecule has 0 fully saturated rings. The summed E-state index contributed by atoms with van der Waals surface area (Å²) in [6, 6.07) is 2.44. The molecule has 8 heteroatoms. The molecule has 1 heterocycles. The number of aromatic hydroxyl groups is 2. The highest BCUT2D eigenvalue weighted by atomic mass is 16.6. The maximum absolute atomic E-state index is 12.6. The van der Waals surface area contributed by atoms with Gasteiger partial charge in [-0.25, -0.2) is 9.59 Å². The molecule has 1 aromatic carbocycles. The number of fused-ring (bicyclic) bond motifs is 1. The summed E-state index contributed by atoms with van der Waals surface area (Å²) >= 11 is 0. The number of rotatable bonds is 3. The average molecular weight is 403 g/mol. The van der Waals surface area contributed by atoms with E-state index >= 15 is 0 Å². The lowest BCUT2D eigenvalue weighted by molar-refractivity contribution is -0.145. The van der Waals surface area contributed by atoms with Gasteiger partial charge in [0.15, 0.2) is 0 Å². The van der Waals surface area contributed by atoms with E-state index in [9.17, 15) is 19.8 Å². The Kier molecular flexibility index (Phi) is 8.27. The van der Waals surface area contributed by atoms with Crippen LogP contribution in [0.1, 0.15) is 42.1 Å². The van der Waals surface area contributed by atoms with Crippen LogP contribution in [0.5, 0.6) is 11.5 Å². The summed E-state index contributed by atoms with van der Waals surface area (Å²) in [5, 5.41) is 24.0. The van der Waals surface area contributed by atoms with E-state index in [-0.39, 0.29) is 30.4 Å². The van der Waals surface area contributed by atoms with Gasteiger partial charge in [0, 0.05) is 18.9 Å². The molecule has 1 aliphatic rings. The topological polar surface area (TPSA) is 115 Å². The summed E-state index contributed by atoms with van der Waals surface area (Å²) in [6.07, 6.45) is 9.31. The normalized spacial score (nSPS) is 20.3. The second-order valence-corrected chi connectivity index (χ2v) is 6.51. The van der Waals surface area contributed by atoms with E-state index in [1.54, 1.807) is 13.0 Å².